The van der Waals surface area contributed by atoms with Crippen molar-refractivity contribution in [2.75, 3.05) is 4.72 Å². The molecule has 0 aliphatic rings. The van der Waals surface area contributed by atoms with Gasteiger partial charge in [0, 0.05) is 14.0 Å². The Bertz CT molecular complexity index is 765. The third-order valence-corrected chi connectivity index (χ3v) is 5.47. The highest BCUT2D eigenvalue weighted by atomic mass is 79.9. The van der Waals surface area contributed by atoms with Crippen LogP contribution >= 0.6 is 43.5 Å². The summed E-state index contributed by atoms with van der Waals surface area (Å²) < 4.78 is 28.0. The number of hydrogen-bond acceptors (Lipinski definition) is 3. The minimum Gasteiger partial charge on any atom is -0.506 e. The zero-order valence-electron chi connectivity index (χ0n) is 9.77. The smallest absolute Gasteiger partial charge is 0.263 e. The highest BCUT2D eigenvalue weighted by Crippen LogP contribution is 2.31. The standard InChI is InChI=1S/C12H8Br2ClNO3S/c13-7-1-3-9(14)12(5-7)20(18,19)16-10-6-8(15)2-4-11(10)17/h1-6,16-17H. The molecule has 0 aliphatic heterocycles. The van der Waals surface area contributed by atoms with Crippen molar-refractivity contribution in [3.8, 4) is 5.75 Å². The largest absolute Gasteiger partial charge is 0.506 e. The van der Waals surface area contributed by atoms with Crippen LogP contribution in [0, 0.1) is 0 Å². The van der Waals surface area contributed by atoms with Crippen LogP contribution in [0.2, 0.25) is 5.02 Å². The number of phenols is 1. The van der Waals surface area contributed by atoms with E-state index in [0.29, 0.717) is 14.0 Å². The topological polar surface area (TPSA) is 66.4 Å². The van der Waals surface area contributed by atoms with Crippen molar-refractivity contribution in [3.05, 3.63) is 50.4 Å². The maximum absolute atomic E-state index is 12.3. The second kappa shape index (κ2) is 5.93. The molecular formula is C12H8Br2ClNO3S. The number of benzene rings is 2. The van der Waals surface area contributed by atoms with Gasteiger partial charge in [-0.15, -0.1) is 0 Å². The van der Waals surface area contributed by atoms with E-state index in [0.717, 1.165) is 0 Å². The molecule has 0 saturated heterocycles. The van der Waals surface area contributed by atoms with E-state index >= 15 is 0 Å². The van der Waals surface area contributed by atoms with Gasteiger partial charge in [-0.1, -0.05) is 27.5 Å². The number of halogens is 3. The van der Waals surface area contributed by atoms with Gasteiger partial charge in [-0.05, 0) is 52.3 Å². The van der Waals surface area contributed by atoms with Gasteiger partial charge in [0.25, 0.3) is 10.0 Å². The lowest BCUT2D eigenvalue weighted by Gasteiger charge is -2.11. The van der Waals surface area contributed by atoms with E-state index < -0.39 is 10.0 Å². The molecule has 2 aromatic rings. The molecule has 4 nitrogen and oxygen atoms in total. The van der Waals surface area contributed by atoms with Crippen LogP contribution in [0.5, 0.6) is 5.75 Å². The molecule has 0 heterocycles. The van der Waals surface area contributed by atoms with Gasteiger partial charge in [0.05, 0.1) is 5.69 Å². The lowest BCUT2D eigenvalue weighted by atomic mass is 10.3. The van der Waals surface area contributed by atoms with Gasteiger partial charge < -0.3 is 5.11 Å². The Hall–Kier alpha value is -0.760. The summed E-state index contributed by atoms with van der Waals surface area (Å²) in [6.45, 7) is 0. The van der Waals surface area contributed by atoms with Crippen LogP contribution < -0.4 is 4.72 Å². The van der Waals surface area contributed by atoms with Crippen LogP contribution in [0.4, 0.5) is 5.69 Å². The summed E-state index contributed by atoms with van der Waals surface area (Å²) in [6, 6.07) is 8.88. The third kappa shape index (κ3) is 3.46. The van der Waals surface area contributed by atoms with Crippen molar-refractivity contribution in [2.24, 2.45) is 0 Å². The fraction of sp³-hybridized carbons (Fsp3) is 0. The zero-order valence-corrected chi connectivity index (χ0v) is 14.5. The Kier molecular flexibility index (Phi) is 4.63. The van der Waals surface area contributed by atoms with Crippen LogP contribution in [-0.2, 0) is 10.0 Å². The molecule has 0 atom stereocenters. The van der Waals surface area contributed by atoms with E-state index in [1.807, 2.05) is 0 Å². The molecule has 8 heteroatoms. The van der Waals surface area contributed by atoms with Gasteiger partial charge in [0.15, 0.2) is 0 Å². The second-order valence-corrected chi connectivity index (χ2v) is 7.70. The lowest BCUT2D eigenvalue weighted by Crippen LogP contribution is -2.13. The second-order valence-electron chi connectivity index (χ2n) is 3.84. The number of nitrogens with one attached hydrogen (secondary N) is 1. The molecule has 0 saturated carbocycles. The Morgan fingerprint density at radius 3 is 2.50 bits per heavy atom. The lowest BCUT2D eigenvalue weighted by molar-refractivity contribution is 0.477. The van der Waals surface area contributed by atoms with Crippen LogP contribution in [0.15, 0.2) is 50.2 Å². The summed E-state index contributed by atoms with van der Waals surface area (Å²) >= 11 is 12.2. The first kappa shape index (κ1) is 15.6. The first-order valence-electron chi connectivity index (χ1n) is 5.26. The molecule has 2 rings (SSSR count). The van der Waals surface area contributed by atoms with Gasteiger partial charge in [0.2, 0.25) is 0 Å². The average molecular weight is 442 g/mol. The highest BCUT2D eigenvalue weighted by Gasteiger charge is 2.19. The summed E-state index contributed by atoms with van der Waals surface area (Å²) in [7, 11) is -3.85. The molecule has 0 radical (unpaired) electrons. The molecule has 0 amide bonds. The average Bonchev–Trinajstić information content (AvgIpc) is 2.36. The van der Waals surface area contributed by atoms with E-state index in [4.69, 9.17) is 11.6 Å². The highest BCUT2D eigenvalue weighted by molar-refractivity contribution is 9.11. The summed E-state index contributed by atoms with van der Waals surface area (Å²) in [5.41, 5.74) is 0.0179. The maximum atomic E-state index is 12.3. The Labute approximate surface area is 138 Å². The number of anilines is 1. The third-order valence-electron chi connectivity index (χ3n) is 2.39. The van der Waals surface area contributed by atoms with Crippen LogP contribution in [0.1, 0.15) is 0 Å². The molecule has 2 aromatic carbocycles. The Balaban J connectivity index is 2.46. The number of phenolic OH excluding ortho intramolecular Hbond substituents is 1. The molecule has 0 spiro atoms. The SMILES string of the molecule is O=S(=O)(Nc1cc(Cl)ccc1O)c1cc(Br)ccc1Br. The first-order chi connectivity index (χ1) is 9.29. The molecule has 0 unspecified atom stereocenters. The van der Waals surface area contributed by atoms with E-state index in [1.165, 1.54) is 24.3 Å². The monoisotopic (exact) mass is 439 g/mol. The quantitative estimate of drug-likeness (QED) is 0.695. The zero-order chi connectivity index (χ0) is 14.9. The van der Waals surface area contributed by atoms with Crippen molar-refractivity contribution in [1.82, 2.24) is 0 Å². The predicted molar refractivity (Wildman–Crippen MR) is 85.8 cm³/mol. The molecular weight excluding hydrogens is 433 g/mol. The molecule has 106 valence electrons. The van der Waals surface area contributed by atoms with Crippen molar-refractivity contribution in [1.29, 1.82) is 0 Å². The fourth-order valence-electron chi connectivity index (χ4n) is 1.47. The summed E-state index contributed by atoms with van der Waals surface area (Å²) in [4.78, 5) is 0.0475. The van der Waals surface area contributed by atoms with Gasteiger partial charge in [-0.2, -0.15) is 0 Å². The number of sulfonamides is 1. The van der Waals surface area contributed by atoms with E-state index in [-0.39, 0.29) is 16.3 Å². The van der Waals surface area contributed by atoms with Gasteiger partial charge in [-0.3, -0.25) is 4.72 Å². The summed E-state index contributed by atoms with van der Waals surface area (Å²) in [6.07, 6.45) is 0. The van der Waals surface area contributed by atoms with Crippen molar-refractivity contribution in [2.45, 2.75) is 4.90 Å². The van der Waals surface area contributed by atoms with E-state index in [1.54, 1.807) is 12.1 Å². The minimum atomic E-state index is -3.85. The molecule has 20 heavy (non-hydrogen) atoms. The molecule has 0 fully saturated rings. The van der Waals surface area contributed by atoms with Crippen molar-refractivity contribution < 1.29 is 13.5 Å². The maximum Gasteiger partial charge on any atom is 0.263 e. The van der Waals surface area contributed by atoms with Gasteiger partial charge in [0.1, 0.15) is 10.6 Å². The first-order valence-corrected chi connectivity index (χ1v) is 8.71. The molecule has 2 N–H and O–H groups in total. The van der Waals surface area contributed by atoms with Crippen LogP contribution in [-0.4, -0.2) is 13.5 Å². The predicted octanol–water partition coefficient (Wildman–Crippen LogP) is 4.37. The van der Waals surface area contributed by atoms with E-state index in [2.05, 4.69) is 36.6 Å². The minimum absolute atomic E-state index is 0.0179. The van der Waals surface area contributed by atoms with Crippen molar-refractivity contribution >= 4 is 59.2 Å². The number of aromatic hydroxyl groups is 1. The molecule has 0 aliphatic carbocycles. The fourth-order valence-corrected chi connectivity index (χ4v) is 4.21. The van der Waals surface area contributed by atoms with E-state index in [9.17, 15) is 13.5 Å². The van der Waals surface area contributed by atoms with Gasteiger partial charge >= 0.3 is 0 Å². The number of rotatable bonds is 3. The summed E-state index contributed by atoms with van der Waals surface area (Å²) in [5, 5.41) is 9.98. The molecule has 0 aromatic heterocycles. The molecule has 0 bridgehead atoms. The normalized spacial score (nSPS) is 11.3. The summed E-state index contributed by atoms with van der Waals surface area (Å²) in [5.74, 6) is -0.205. The number of hydrogen-bond donors (Lipinski definition) is 2. The van der Waals surface area contributed by atoms with Gasteiger partial charge in [-0.25, -0.2) is 8.42 Å². The Morgan fingerprint density at radius 2 is 1.80 bits per heavy atom. The van der Waals surface area contributed by atoms with Crippen LogP contribution in [0.3, 0.4) is 0 Å². The van der Waals surface area contributed by atoms with Crippen molar-refractivity contribution in [3.63, 3.8) is 0 Å². The Morgan fingerprint density at radius 1 is 1.10 bits per heavy atom. The van der Waals surface area contributed by atoms with Crippen LogP contribution in [0.25, 0.3) is 0 Å².